The number of rotatable bonds is 5. The first-order chi connectivity index (χ1) is 14.2. The third-order valence-corrected chi connectivity index (χ3v) is 7.61. The summed E-state index contributed by atoms with van der Waals surface area (Å²) in [4.78, 5) is 25.4. The molecular weight excluding hydrogens is 433 g/mol. The van der Waals surface area contributed by atoms with Gasteiger partial charge in [-0.05, 0) is 43.7 Å². The van der Waals surface area contributed by atoms with Crippen LogP contribution >= 0.6 is 11.3 Å². The van der Waals surface area contributed by atoms with Crippen molar-refractivity contribution in [2.75, 3.05) is 18.1 Å². The lowest BCUT2D eigenvalue weighted by Gasteiger charge is -2.10. The molecule has 0 spiro atoms. The number of hydrogen-bond acceptors (Lipinski definition) is 7. The minimum Gasteiger partial charge on any atom is -0.451 e. The maximum absolute atomic E-state index is 13.2. The van der Waals surface area contributed by atoms with Crippen LogP contribution in [0.2, 0.25) is 0 Å². The molecular formula is C19H18FN3O5S2. The molecule has 1 amide bonds. The monoisotopic (exact) mass is 451 g/mol. The number of nitrogens with zero attached hydrogens (tertiary/aromatic N) is 2. The van der Waals surface area contributed by atoms with Crippen LogP contribution in [-0.2, 0) is 19.4 Å². The molecule has 1 saturated heterocycles. The fraction of sp³-hybridized carbons (Fsp3) is 0.316. The van der Waals surface area contributed by atoms with Gasteiger partial charge in [-0.15, -0.1) is 11.3 Å². The van der Waals surface area contributed by atoms with Gasteiger partial charge in [0.05, 0.1) is 22.9 Å². The Morgan fingerprint density at radius 2 is 2.07 bits per heavy atom. The number of amides is 1. The van der Waals surface area contributed by atoms with Crippen LogP contribution in [0.5, 0.6) is 0 Å². The number of aryl methyl sites for hydroxylation is 1. The van der Waals surface area contributed by atoms with Crippen molar-refractivity contribution in [2.24, 2.45) is 0 Å². The van der Waals surface area contributed by atoms with Crippen LogP contribution in [0, 0.1) is 12.7 Å². The second kappa shape index (κ2) is 7.80. The predicted molar refractivity (Wildman–Crippen MR) is 109 cm³/mol. The first kappa shape index (κ1) is 20.5. The molecule has 0 bridgehead atoms. The summed E-state index contributed by atoms with van der Waals surface area (Å²) in [6.45, 7) is 1.31. The molecule has 0 saturated carbocycles. The smallest absolute Gasteiger partial charge is 0.348 e. The summed E-state index contributed by atoms with van der Waals surface area (Å²) in [5.41, 5.74) is 1.35. The van der Waals surface area contributed by atoms with Crippen molar-refractivity contribution in [3.63, 3.8) is 0 Å². The zero-order valence-electron chi connectivity index (χ0n) is 15.9. The number of ether oxygens (including phenoxy) is 1. The molecule has 1 aliphatic heterocycles. The molecule has 0 aliphatic carbocycles. The quantitative estimate of drug-likeness (QED) is 0.595. The van der Waals surface area contributed by atoms with Gasteiger partial charge < -0.3 is 10.1 Å². The van der Waals surface area contributed by atoms with E-state index in [1.54, 1.807) is 29.8 Å². The van der Waals surface area contributed by atoms with Crippen LogP contribution in [0.1, 0.15) is 21.8 Å². The van der Waals surface area contributed by atoms with Crippen LogP contribution < -0.4 is 5.32 Å². The molecule has 3 aromatic rings. The first-order valence-corrected chi connectivity index (χ1v) is 11.8. The van der Waals surface area contributed by atoms with Gasteiger partial charge in [0, 0.05) is 11.4 Å². The SMILES string of the molecule is Cc1nn(-c2ccc(F)cc2)c2sc(C(=O)OCC(=O)N[C@H]3CCS(=O)(=O)C3)cc12. The summed E-state index contributed by atoms with van der Waals surface area (Å²) in [7, 11) is -3.11. The number of fused-ring (bicyclic) bond motifs is 1. The predicted octanol–water partition coefficient (Wildman–Crippen LogP) is 1.99. The molecule has 158 valence electrons. The number of benzene rings is 1. The summed E-state index contributed by atoms with van der Waals surface area (Å²) in [5.74, 6) is -1.61. The van der Waals surface area contributed by atoms with Crippen LogP contribution in [0.25, 0.3) is 15.9 Å². The highest BCUT2D eigenvalue weighted by atomic mass is 32.2. The summed E-state index contributed by atoms with van der Waals surface area (Å²) >= 11 is 1.16. The Hall–Kier alpha value is -2.79. The number of thiophene rings is 1. The van der Waals surface area contributed by atoms with Crippen LogP contribution in [0.3, 0.4) is 0 Å². The molecule has 0 radical (unpaired) electrons. The highest BCUT2D eigenvalue weighted by Gasteiger charge is 2.29. The van der Waals surface area contributed by atoms with Gasteiger partial charge in [-0.1, -0.05) is 0 Å². The first-order valence-electron chi connectivity index (χ1n) is 9.14. The number of carbonyl (C=O) groups is 2. The van der Waals surface area contributed by atoms with E-state index in [2.05, 4.69) is 10.4 Å². The Kier molecular flexibility index (Phi) is 5.33. The second-order valence-corrected chi connectivity index (χ2v) is 10.3. The topological polar surface area (TPSA) is 107 Å². The number of sulfone groups is 1. The average molecular weight is 452 g/mol. The fourth-order valence-electron chi connectivity index (χ4n) is 3.29. The standard InChI is InChI=1S/C19H18FN3O5S2/c1-11-15-8-16(29-18(15)23(22-11)14-4-2-12(20)3-5-14)19(25)28-9-17(24)21-13-6-7-30(26,27)10-13/h2-5,8,13H,6-7,9-10H2,1H3,(H,21,24)/t13-/m0/s1. The average Bonchev–Trinajstić information content (AvgIpc) is 3.35. The van der Waals surface area contributed by atoms with Crippen molar-refractivity contribution in [1.29, 1.82) is 0 Å². The van der Waals surface area contributed by atoms with E-state index in [9.17, 15) is 22.4 Å². The van der Waals surface area contributed by atoms with Crippen LogP contribution in [0.4, 0.5) is 4.39 Å². The van der Waals surface area contributed by atoms with E-state index < -0.39 is 34.4 Å². The molecule has 1 fully saturated rings. The molecule has 0 unspecified atom stereocenters. The lowest BCUT2D eigenvalue weighted by molar-refractivity contribution is -0.124. The molecule has 1 aromatic carbocycles. The maximum atomic E-state index is 13.2. The third kappa shape index (κ3) is 4.21. The zero-order chi connectivity index (χ0) is 21.5. The Labute approximate surface area is 175 Å². The van der Waals surface area contributed by atoms with E-state index in [0.717, 1.165) is 16.7 Å². The molecule has 2 aromatic heterocycles. The second-order valence-electron chi connectivity index (χ2n) is 7.05. The van der Waals surface area contributed by atoms with Gasteiger partial charge >= 0.3 is 5.97 Å². The van der Waals surface area contributed by atoms with Gasteiger partial charge in [0.15, 0.2) is 16.4 Å². The van der Waals surface area contributed by atoms with E-state index in [1.165, 1.54) is 12.1 Å². The summed E-state index contributed by atoms with van der Waals surface area (Å²) in [5, 5.41) is 7.76. The van der Waals surface area contributed by atoms with Crippen molar-refractivity contribution in [2.45, 2.75) is 19.4 Å². The number of hydrogen-bond donors (Lipinski definition) is 1. The lowest BCUT2D eigenvalue weighted by atomic mass is 10.2. The number of esters is 1. The largest absolute Gasteiger partial charge is 0.451 e. The zero-order valence-corrected chi connectivity index (χ0v) is 17.6. The fourth-order valence-corrected chi connectivity index (χ4v) is 6.04. The summed E-state index contributed by atoms with van der Waals surface area (Å²) in [6, 6.07) is 7.03. The lowest BCUT2D eigenvalue weighted by Crippen LogP contribution is -2.38. The minimum absolute atomic E-state index is 0.0456. The van der Waals surface area contributed by atoms with Gasteiger partial charge in [0.1, 0.15) is 15.5 Å². The Morgan fingerprint density at radius 3 is 2.73 bits per heavy atom. The molecule has 8 nitrogen and oxygen atoms in total. The summed E-state index contributed by atoms with van der Waals surface area (Å²) in [6.07, 6.45) is 0.359. The van der Waals surface area contributed by atoms with Gasteiger partial charge in [-0.3, -0.25) is 4.79 Å². The van der Waals surface area contributed by atoms with E-state index in [-0.39, 0.29) is 17.3 Å². The highest BCUT2D eigenvalue weighted by Crippen LogP contribution is 2.30. The minimum atomic E-state index is -3.11. The van der Waals surface area contributed by atoms with Crippen LogP contribution in [0.15, 0.2) is 30.3 Å². The highest BCUT2D eigenvalue weighted by molar-refractivity contribution is 7.91. The number of nitrogens with one attached hydrogen (secondary N) is 1. The van der Waals surface area contributed by atoms with Crippen molar-refractivity contribution >= 4 is 43.3 Å². The molecule has 1 N–H and O–H groups in total. The third-order valence-electron chi connectivity index (χ3n) is 4.75. The van der Waals surface area contributed by atoms with Gasteiger partial charge in [-0.2, -0.15) is 5.10 Å². The Balaban J connectivity index is 1.44. The molecule has 1 atom stereocenters. The number of halogens is 1. The molecule has 1 aliphatic rings. The molecule has 30 heavy (non-hydrogen) atoms. The Morgan fingerprint density at radius 1 is 1.33 bits per heavy atom. The van der Waals surface area contributed by atoms with E-state index in [0.29, 0.717) is 27.5 Å². The van der Waals surface area contributed by atoms with Crippen molar-refractivity contribution in [1.82, 2.24) is 15.1 Å². The molecule has 4 rings (SSSR count). The molecule has 3 heterocycles. The number of carbonyl (C=O) groups excluding carboxylic acids is 2. The molecule has 11 heteroatoms. The van der Waals surface area contributed by atoms with Gasteiger partial charge in [0.2, 0.25) is 0 Å². The van der Waals surface area contributed by atoms with Crippen LogP contribution in [-0.4, -0.2) is 54.2 Å². The van der Waals surface area contributed by atoms with Gasteiger partial charge in [0.25, 0.3) is 5.91 Å². The number of aromatic nitrogens is 2. The normalized spacial score (nSPS) is 17.9. The van der Waals surface area contributed by atoms with E-state index in [1.807, 2.05) is 0 Å². The van der Waals surface area contributed by atoms with Crippen molar-refractivity contribution < 1.29 is 27.1 Å². The van der Waals surface area contributed by atoms with E-state index >= 15 is 0 Å². The maximum Gasteiger partial charge on any atom is 0.348 e. The van der Waals surface area contributed by atoms with Crippen molar-refractivity contribution in [3.8, 4) is 5.69 Å². The van der Waals surface area contributed by atoms with E-state index in [4.69, 9.17) is 4.74 Å². The Bertz CT molecular complexity index is 1230. The summed E-state index contributed by atoms with van der Waals surface area (Å²) < 4.78 is 42.8. The van der Waals surface area contributed by atoms with Gasteiger partial charge in [-0.25, -0.2) is 22.3 Å². The van der Waals surface area contributed by atoms with Crippen molar-refractivity contribution in [3.05, 3.63) is 46.7 Å².